The number of amides is 1. The lowest BCUT2D eigenvalue weighted by molar-refractivity contribution is 0.0785. The second-order valence-electron chi connectivity index (χ2n) is 6.72. The zero-order valence-electron chi connectivity index (χ0n) is 14.5. The van der Waals surface area contributed by atoms with Crippen LogP contribution in [-0.2, 0) is 0 Å². The Balaban J connectivity index is 1.32. The first-order valence-corrected chi connectivity index (χ1v) is 9.70. The van der Waals surface area contributed by atoms with Crippen LogP contribution in [0.3, 0.4) is 0 Å². The van der Waals surface area contributed by atoms with Gasteiger partial charge in [0.1, 0.15) is 5.69 Å². The number of nitrogens with one attached hydrogen (secondary N) is 1. The van der Waals surface area contributed by atoms with E-state index in [1.54, 1.807) is 18.5 Å². The van der Waals surface area contributed by atoms with Gasteiger partial charge in [0.25, 0.3) is 5.91 Å². The van der Waals surface area contributed by atoms with E-state index in [1.807, 2.05) is 22.3 Å². The number of benzene rings is 1. The molecule has 7 heteroatoms. The second kappa shape index (κ2) is 6.59. The van der Waals surface area contributed by atoms with Crippen molar-refractivity contribution < 1.29 is 4.79 Å². The largest absolute Gasteiger partial charge is 0.337 e. The van der Waals surface area contributed by atoms with E-state index >= 15 is 0 Å². The van der Waals surface area contributed by atoms with Crippen LogP contribution in [0.25, 0.3) is 21.3 Å². The molecule has 3 aromatic heterocycles. The quantitative estimate of drug-likeness (QED) is 0.592. The molecule has 5 rings (SSSR count). The standard InChI is InChI=1S/C20H17N5OS/c26-20(17-10-16(23-24-17)14-5-7-21-22-11-14)25-8-6-15(12-25)19-9-13-3-1-2-4-18(13)27-19/h1-5,7,9-11,15H,6,8,12H2,(H,23,24). The third-order valence-electron chi connectivity index (χ3n) is 5.01. The first kappa shape index (κ1) is 16.1. The predicted octanol–water partition coefficient (Wildman–Crippen LogP) is 3.71. The number of hydrogen-bond donors (Lipinski definition) is 1. The molecule has 27 heavy (non-hydrogen) atoms. The van der Waals surface area contributed by atoms with Gasteiger partial charge in [0.15, 0.2) is 0 Å². The molecule has 1 saturated heterocycles. The molecule has 1 aromatic carbocycles. The third-order valence-corrected chi connectivity index (χ3v) is 6.29. The van der Waals surface area contributed by atoms with Crippen LogP contribution < -0.4 is 0 Å². The highest BCUT2D eigenvalue weighted by molar-refractivity contribution is 7.19. The molecule has 0 bridgehead atoms. The van der Waals surface area contributed by atoms with E-state index in [4.69, 9.17) is 0 Å². The summed E-state index contributed by atoms with van der Waals surface area (Å²) in [6, 6.07) is 14.3. The van der Waals surface area contributed by atoms with Crippen LogP contribution >= 0.6 is 11.3 Å². The van der Waals surface area contributed by atoms with Crippen molar-refractivity contribution in [3.8, 4) is 11.3 Å². The Morgan fingerprint density at radius 1 is 1.19 bits per heavy atom. The van der Waals surface area contributed by atoms with Crippen LogP contribution in [0.4, 0.5) is 0 Å². The Kier molecular flexibility index (Phi) is 3.94. The van der Waals surface area contributed by atoms with Crippen molar-refractivity contribution in [2.24, 2.45) is 0 Å². The number of H-pyrrole nitrogens is 1. The number of hydrogen-bond acceptors (Lipinski definition) is 5. The van der Waals surface area contributed by atoms with Gasteiger partial charge in [0.05, 0.1) is 18.1 Å². The molecular weight excluding hydrogens is 358 g/mol. The normalized spacial score (nSPS) is 16.9. The van der Waals surface area contributed by atoms with E-state index in [0.717, 1.165) is 25.1 Å². The molecule has 1 amide bonds. The lowest BCUT2D eigenvalue weighted by Crippen LogP contribution is -2.28. The summed E-state index contributed by atoms with van der Waals surface area (Å²) in [7, 11) is 0. The Hall–Kier alpha value is -3.06. The summed E-state index contributed by atoms with van der Waals surface area (Å²) >= 11 is 1.83. The molecule has 1 unspecified atom stereocenters. The molecule has 4 heterocycles. The van der Waals surface area contributed by atoms with Gasteiger partial charge < -0.3 is 4.90 Å². The Morgan fingerprint density at radius 2 is 2.11 bits per heavy atom. The molecule has 1 aliphatic heterocycles. The molecule has 0 aliphatic carbocycles. The van der Waals surface area contributed by atoms with Crippen molar-refractivity contribution in [3.63, 3.8) is 0 Å². The molecule has 0 spiro atoms. The highest BCUT2D eigenvalue weighted by Crippen LogP contribution is 2.36. The van der Waals surface area contributed by atoms with Gasteiger partial charge in [-0.15, -0.1) is 11.3 Å². The maximum absolute atomic E-state index is 12.9. The fourth-order valence-corrected chi connectivity index (χ4v) is 4.76. The van der Waals surface area contributed by atoms with E-state index in [1.165, 1.54) is 15.0 Å². The van der Waals surface area contributed by atoms with Crippen LogP contribution in [0.1, 0.15) is 27.7 Å². The van der Waals surface area contributed by atoms with Gasteiger partial charge in [-0.3, -0.25) is 9.89 Å². The SMILES string of the molecule is O=C(c1cc(-c2ccnnc2)n[nH]1)N1CCC(c2cc3ccccc3s2)C1. The minimum Gasteiger partial charge on any atom is -0.337 e. The van der Waals surface area contributed by atoms with Gasteiger partial charge >= 0.3 is 0 Å². The minimum absolute atomic E-state index is 0.000577. The number of carbonyl (C=O) groups is 1. The molecule has 134 valence electrons. The monoisotopic (exact) mass is 375 g/mol. The fraction of sp³-hybridized carbons (Fsp3) is 0.200. The van der Waals surface area contributed by atoms with Crippen molar-refractivity contribution in [2.75, 3.05) is 13.1 Å². The maximum Gasteiger partial charge on any atom is 0.271 e. The van der Waals surface area contributed by atoms with Gasteiger partial charge in [0.2, 0.25) is 0 Å². The van der Waals surface area contributed by atoms with E-state index < -0.39 is 0 Å². The van der Waals surface area contributed by atoms with Gasteiger partial charge in [-0.25, -0.2) is 0 Å². The van der Waals surface area contributed by atoms with Crippen LogP contribution in [0.5, 0.6) is 0 Å². The van der Waals surface area contributed by atoms with Crippen LogP contribution in [0, 0.1) is 0 Å². The number of thiophene rings is 1. The summed E-state index contributed by atoms with van der Waals surface area (Å²) in [5.41, 5.74) is 2.05. The van der Waals surface area contributed by atoms with Crippen molar-refractivity contribution in [2.45, 2.75) is 12.3 Å². The molecule has 0 radical (unpaired) electrons. The Bertz CT molecular complexity index is 1070. The molecular formula is C20H17N5OS. The topological polar surface area (TPSA) is 74.8 Å². The fourth-order valence-electron chi connectivity index (χ4n) is 3.57. The van der Waals surface area contributed by atoms with Crippen LogP contribution in [-0.4, -0.2) is 44.3 Å². The number of fused-ring (bicyclic) bond motifs is 1. The maximum atomic E-state index is 12.9. The van der Waals surface area contributed by atoms with Gasteiger partial charge in [0, 0.05) is 34.1 Å². The zero-order valence-corrected chi connectivity index (χ0v) is 15.3. The average molecular weight is 375 g/mol. The van der Waals surface area contributed by atoms with Crippen LogP contribution in [0.2, 0.25) is 0 Å². The summed E-state index contributed by atoms with van der Waals surface area (Å²) in [5, 5.41) is 16.0. The van der Waals surface area contributed by atoms with Crippen molar-refractivity contribution in [1.29, 1.82) is 0 Å². The van der Waals surface area contributed by atoms with Crippen LogP contribution in [0.15, 0.2) is 54.9 Å². The predicted molar refractivity (Wildman–Crippen MR) is 105 cm³/mol. The Morgan fingerprint density at radius 3 is 2.96 bits per heavy atom. The smallest absolute Gasteiger partial charge is 0.271 e. The lowest BCUT2D eigenvalue weighted by Gasteiger charge is -2.14. The number of aromatic amines is 1. The number of rotatable bonds is 3. The number of carbonyl (C=O) groups excluding carboxylic acids is 1. The molecule has 1 atom stereocenters. The lowest BCUT2D eigenvalue weighted by atomic mass is 10.1. The second-order valence-corrected chi connectivity index (χ2v) is 7.84. The zero-order chi connectivity index (χ0) is 18.2. The van der Waals surface area contributed by atoms with Gasteiger partial charge in [-0.2, -0.15) is 15.3 Å². The highest BCUT2D eigenvalue weighted by Gasteiger charge is 2.30. The van der Waals surface area contributed by atoms with Crippen molar-refractivity contribution in [1.82, 2.24) is 25.3 Å². The molecule has 0 saturated carbocycles. The minimum atomic E-state index is -0.000577. The molecule has 1 N–H and O–H groups in total. The molecule has 4 aromatic rings. The van der Waals surface area contributed by atoms with Crippen molar-refractivity contribution in [3.05, 3.63) is 65.4 Å². The summed E-state index contributed by atoms with van der Waals surface area (Å²) < 4.78 is 1.31. The van der Waals surface area contributed by atoms with Gasteiger partial charge in [-0.05, 0) is 36.1 Å². The van der Waals surface area contributed by atoms with Crippen molar-refractivity contribution >= 4 is 27.3 Å². The third kappa shape index (κ3) is 3.00. The van der Waals surface area contributed by atoms with E-state index in [2.05, 4.69) is 50.7 Å². The molecule has 1 fully saturated rings. The first-order valence-electron chi connectivity index (χ1n) is 8.88. The van der Waals surface area contributed by atoms with E-state index in [-0.39, 0.29) is 5.91 Å². The number of likely N-dealkylation sites (tertiary alicyclic amines) is 1. The highest BCUT2D eigenvalue weighted by atomic mass is 32.1. The summed E-state index contributed by atoms with van der Waals surface area (Å²) in [6.45, 7) is 1.51. The number of nitrogens with zero attached hydrogens (tertiary/aromatic N) is 4. The number of aromatic nitrogens is 4. The van der Waals surface area contributed by atoms with E-state index in [9.17, 15) is 4.79 Å². The first-order chi connectivity index (χ1) is 13.3. The summed E-state index contributed by atoms with van der Waals surface area (Å²) in [5.74, 6) is 0.400. The molecule has 1 aliphatic rings. The van der Waals surface area contributed by atoms with Gasteiger partial charge in [-0.1, -0.05) is 18.2 Å². The Labute approximate surface area is 159 Å². The summed E-state index contributed by atoms with van der Waals surface area (Å²) in [6.07, 6.45) is 4.24. The molecule has 6 nitrogen and oxygen atoms in total. The summed E-state index contributed by atoms with van der Waals surface area (Å²) in [4.78, 5) is 16.1. The average Bonchev–Trinajstić information content (AvgIpc) is 3.46. The van der Waals surface area contributed by atoms with E-state index in [0.29, 0.717) is 17.3 Å².